The fourth-order valence-electron chi connectivity index (χ4n) is 1.86. The zero-order chi connectivity index (χ0) is 13.0. The molecule has 0 spiro atoms. The van der Waals surface area contributed by atoms with Gasteiger partial charge in [-0.15, -0.1) is 0 Å². The van der Waals surface area contributed by atoms with Crippen LogP contribution in [0.3, 0.4) is 0 Å². The summed E-state index contributed by atoms with van der Waals surface area (Å²) in [6, 6.07) is 0. The van der Waals surface area contributed by atoms with E-state index in [1.165, 1.54) is 6.92 Å². The third-order valence-electron chi connectivity index (χ3n) is 2.61. The van der Waals surface area contributed by atoms with E-state index >= 15 is 0 Å². The molecule has 0 atom stereocenters. The molecule has 0 saturated carbocycles. The van der Waals surface area contributed by atoms with Gasteiger partial charge in [-0.05, 0) is 26.3 Å². The molecule has 94 valence electrons. The molecule has 0 fully saturated rings. The first-order chi connectivity index (χ1) is 7.99. The first-order valence-corrected chi connectivity index (χ1v) is 5.46. The molecule has 0 radical (unpaired) electrons. The lowest BCUT2D eigenvalue weighted by atomic mass is 10.1. The number of Topliss-reactive ketones (excluding diaryl/α,β-unsaturated/α-hetero) is 1. The summed E-state index contributed by atoms with van der Waals surface area (Å²) in [7, 11) is 1.57. The third kappa shape index (κ3) is 2.94. The Morgan fingerprint density at radius 3 is 2.47 bits per heavy atom. The average molecular weight is 238 g/mol. The molecule has 0 aliphatic heterocycles. The number of carbonyl (C=O) groups is 2. The summed E-state index contributed by atoms with van der Waals surface area (Å²) in [6.07, 6.45) is 0. The summed E-state index contributed by atoms with van der Waals surface area (Å²) >= 11 is 0. The van der Waals surface area contributed by atoms with E-state index in [1.807, 2.05) is 0 Å². The Kier molecular flexibility index (Phi) is 4.45. The van der Waals surface area contributed by atoms with Crippen molar-refractivity contribution in [3.05, 3.63) is 22.5 Å². The largest absolute Gasteiger partial charge is 0.383 e. The highest BCUT2D eigenvalue weighted by molar-refractivity contribution is 6.02. The highest BCUT2D eigenvalue weighted by atomic mass is 16.5. The number of hydrogen-bond acceptors (Lipinski definition) is 3. The van der Waals surface area contributed by atoms with Crippen LogP contribution in [0.5, 0.6) is 0 Å². The van der Waals surface area contributed by atoms with Gasteiger partial charge in [-0.3, -0.25) is 9.59 Å². The Hall–Kier alpha value is -1.62. The van der Waals surface area contributed by atoms with Crippen LogP contribution in [0.1, 0.15) is 39.0 Å². The van der Waals surface area contributed by atoms with Gasteiger partial charge in [0.25, 0.3) is 5.91 Å². The first-order valence-electron chi connectivity index (χ1n) is 5.46. The standard InChI is InChI=1S/C12H18N2O3/c1-7-10(9(3)15)8(2)14-11(7)12(16)13-5-6-17-4/h14H,5-6H2,1-4H3,(H,13,16). The predicted octanol–water partition coefficient (Wildman–Crippen LogP) is 1.21. The number of H-pyrrole nitrogens is 1. The Morgan fingerprint density at radius 2 is 2.00 bits per heavy atom. The number of ether oxygens (including phenoxy) is 1. The third-order valence-corrected chi connectivity index (χ3v) is 2.61. The van der Waals surface area contributed by atoms with E-state index in [0.29, 0.717) is 30.0 Å². The molecule has 17 heavy (non-hydrogen) atoms. The second-order valence-electron chi connectivity index (χ2n) is 3.93. The smallest absolute Gasteiger partial charge is 0.268 e. The second-order valence-corrected chi connectivity index (χ2v) is 3.93. The molecule has 5 heteroatoms. The summed E-state index contributed by atoms with van der Waals surface area (Å²) in [4.78, 5) is 26.2. The number of amides is 1. The highest BCUT2D eigenvalue weighted by Gasteiger charge is 2.19. The maximum Gasteiger partial charge on any atom is 0.268 e. The Balaban J connectivity index is 2.88. The van der Waals surface area contributed by atoms with E-state index in [-0.39, 0.29) is 11.7 Å². The van der Waals surface area contributed by atoms with Gasteiger partial charge < -0.3 is 15.0 Å². The van der Waals surface area contributed by atoms with Gasteiger partial charge in [-0.1, -0.05) is 0 Å². The number of carbonyl (C=O) groups excluding carboxylic acids is 2. The minimum Gasteiger partial charge on any atom is -0.383 e. The summed E-state index contributed by atoms with van der Waals surface area (Å²) in [6.45, 7) is 5.96. The molecule has 0 aliphatic carbocycles. The van der Waals surface area contributed by atoms with Crippen LogP contribution in [0.4, 0.5) is 0 Å². The molecule has 0 bridgehead atoms. The van der Waals surface area contributed by atoms with E-state index in [9.17, 15) is 9.59 Å². The minimum atomic E-state index is -0.213. The Bertz CT molecular complexity index is 435. The van der Waals surface area contributed by atoms with Gasteiger partial charge in [0.05, 0.1) is 6.61 Å². The fourth-order valence-corrected chi connectivity index (χ4v) is 1.86. The summed E-state index contributed by atoms with van der Waals surface area (Å²) in [5, 5.41) is 2.71. The van der Waals surface area contributed by atoms with Crippen molar-refractivity contribution in [2.24, 2.45) is 0 Å². The van der Waals surface area contributed by atoms with E-state index in [1.54, 1.807) is 21.0 Å². The molecular weight excluding hydrogens is 220 g/mol. The van der Waals surface area contributed by atoms with Crippen molar-refractivity contribution in [1.82, 2.24) is 10.3 Å². The monoisotopic (exact) mass is 238 g/mol. The van der Waals surface area contributed by atoms with Gasteiger partial charge in [0, 0.05) is 24.9 Å². The molecule has 0 aliphatic rings. The number of hydrogen-bond donors (Lipinski definition) is 2. The zero-order valence-corrected chi connectivity index (χ0v) is 10.6. The topological polar surface area (TPSA) is 71.2 Å². The number of nitrogens with one attached hydrogen (secondary N) is 2. The number of rotatable bonds is 5. The molecule has 1 aromatic rings. The van der Waals surface area contributed by atoms with E-state index < -0.39 is 0 Å². The molecule has 0 saturated heterocycles. The maximum absolute atomic E-state index is 11.8. The number of aromatic nitrogens is 1. The van der Waals surface area contributed by atoms with Crippen LogP contribution >= 0.6 is 0 Å². The molecule has 5 nitrogen and oxygen atoms in total. The normalized spacial score (nSPS) is 10.4. The molecule has 1 rings (SSSR count). The van der Waals surface area contributed by atoms with Crippen molar-refractivity contribution in [2.45, 2.75) is 20.8 Å². The van der Waals surface area contributed by atoms with E-state index in [2.05, 4.69) is 10.3 Å². The average Bonchev–Trinajstić information content (AvgIpc) is 2.54. The molecular formula is C12H18N2O3. The molecule has 1 aromatic heterocycles. The van der Waals surface area contributed by atoms with Gasteiger partial charge in [0.2, 0.25) is 0 Å². The van der Waals surface area contributed by atoms with E-state index in [4.69, 9.17) is 4.74 Å². The molecule has 0 aromatic carbocycles. The Labute approximate surface area is 101 Å². The van der Waals surface area contributed by atoms with Crippen molar-refractivity contribution < 1.29 is 14.3 Å². The van der Waals surface area contributed by atoms with Gasteiger partial charge in [0.15, 0.2) is 5.78 Å². The molecule has 1 amide bonds. The van der Waals surface area contributed by atoms with Gasteiger partial charge in [-0.2, -0.15) is 0 Å². The van der Waals surface area contributed by atoms with Crippen LogP contribution in [0.2, 0.25) is 0 Å². The quantitative estimate of drug-likeness (QED) is 0.598. The number of methoxy groups -OCH3 is 1. The highest BCUT2D eigenvalue weighted by Crippen LogP contribution is 2.18. The Morgan fingerprint density at radius 1 is 1.35 bits per heavy atom. The van der Waals surface area contributed by atoms with E-state index in [0.717, 1.165) is 5.69 Å². The summed E-state index contributed by atoms with van der Waals surface area (Å²) in [5.74, 6) is -0.248. The predicted molar refractivity (Wildman–Crippen MR) is 64.5 cm³/mol. The molecule has 0 unspecified atom stereocenters. The van der Waals surface area contributed by atoms with Crippen LogP contribution in [0.15, 0.2) is 0 Å². The number of ketones is 1. The van der Waals surface area contributed by atoms with Gasteiger partial charge in [0.1, 0.15) is 5.69 Å². The lowest BCUT2D eigenvalue weighted by Gasteiger charge is -2.03. The van der Waals surface area contributed by atoms with Gasteiger partial charge >= 0.3 is 0 Å². The summed E-state index contributed by atoms with van der Waals surface area (Å²) < 4.78 is 4.85. The van der Waals surface area contributed by atoms with Crippen molar-refractivity contribution >= 4 is 11.7 Å². The number of aromatic amines is 1. The first kappa shape index (κ1) is 13.4. The zero-order valence-electron chi connectivity index (χ0n) is 10.6. The fraction of sp³-hybridized carbons (Fsp3) is 0.500. The van der Waals surface area contributed by atoms with Crippen LogP contribution in [0.25, 0.3) is 0 Å². The van der Waals surface area contributed by atoms with Crippen LogP contribution in [-0.2, 0) is 4.74 Å². The van der Waals surface area contributed by atoms with Crippen molar-refractivity contribution in [1.29, 1.82) is 0 Å². The van der Waals surface area contributed by atoms with Crippen LogP contribution < -0.4 is 5.32 Å². The van der Waals surface area contributed by atoms with Crippen molar-refractivity contribution in [2.75, 3.05) is 20.3 Å². The molecule has 2 N–H and O–H groups in total. The van der Waals surface area contributed by atoms with Gasteiger partial charge in [-0.25, -0.2) is 0 Å². The SMILES string of the molecule is COCCNC(=O)c1[nH]c(C)c(C(C)=O)c1C. The van der Waals surface area contributed by atoms with Crippen LogP contribution in [0, 0.1) is 13.8 Å². The minimum absolute atomic E-state index is 0.0350. The summed E-state index contributed by atoms with van der Waals surface area (Å²) in [5.41, 5.74) is 2.47. The lowest BCUT2D eigenvalue weighted by Crippen LogP contribution is -2.27. The van der Waals surface area contributed by atoms with Crippen molar-refractivity contribution in [3.63, 3.8) is 0 Å². The molecule has 1 heterocycles. The van der Waals surface area contributed by atoms with Crippen molar-refractivity contribution in [3.8, 4) is 0 Å². The maximum atomic E-state index is 11.8. The number of aryl methyl sites for hydroxylation is 1. The lowest BCUT2D eigenvalue weighted by molar-refractivity contribution is 0.0932. The van der Waals surface area contributed by atoms with Crippen LogP contribution in [-0.4, -0.2) is 36.9 Å². The second kappa shape index (κ2) is 5.63.